The average molecular weight is 322 g/mol. The van der Waals surface area contributed by atoms with Crippen LogP contribution in [0.5, 0.6) is 0 Å². The fourth-order valence-electron chi connectivity index (χ4n) is 1.91. The van der Waals surface area contributed by atoms with Gasteiger partial charge in [-0.25, -0.2) is 8.78 Å². The van der Waals surface area contributed by atoms with E-state index in [1.54, 1.807) is 0 Å². The number of nitrogens with one attached hydrogen (secondary N) is 1. The van der Waals surface area contributed by atoms with Gasteiger partial charge in [0.25, 0.3) is 11.6 Å². The van der Waals surface area contributed by atoms with Crippen molar-refractivity contribution in [3.05, 3.63) is 75.3 Å². The Labute approximate surface area is 129 Å². The molecule has 0 radical (unpaired) electrons. The van der Waals surface area contributed by atoms with Crippen molar-refractivity contribution in [3.63, 3.8) is 0 Å². The van der Waals surface area contributed by atoms with Crippen LogP contribution in [-0.2, 0) is 0 Å². The van der Waals surface area contributed by atoms with Crippen molar-refractivity contribution < 1.29 is 23.6 Å². The summed E-state index contributed by atoms with van der Waals surface area (Å²) in [5.74, 6) is -2.51. The first-order valence-corrected chi connectivity index (χ1v) is 6.53. The normalized spacial score (nSPS) is 11.8. The van der Waals surface area contributed by atoms with E-state index in [-0.39, 0.29) is 17.8 Å². The van der Waals surface area contributed by atoms with Crippen LogP contribution in [0, 0.1) is 21.7 Å². The summed E-state index contributed by atoms with van der Waals surface area (Å²) in [5, 5.41) is 22.8. The summed E-state index contributed by atoms with van der Waals surface area (Å²) in [6, 6.07) is 7.55. The summed E-state index contributed by atoms with van der Waals surface area (Å²) in [7, 11) is 0. The Hall–Kier alpha value is -2.87. The number of non-ortho nitro benzene ring substituents is 1. The maximum Gasteiger partial charge on any atom is 0.269 e. The zero-order valence-corrected chi connectivity index (χ0v) is 11.7. The highest BCUT2D eigenvalue weighted by Gasteiger charge is 2.14. The first-order chi connectivity index (χ1) is 10.9. The van der Waals surface area contributed by atoms with E-state index in [4.69, 9.17) is 0 Å². The number of halogens is 2. The van der Waals surface area contributed by atoms with Gasteiger partial charge in [0.15, 0.2) is 0 Å². The van der Waals surface area contributed by atoms with Crippen molar-refractivity contribution in [1.29, 1.82) is 0 Å². The van der Waals surface area contributed by atoms with Gasteiger partial charge >= 0.3 is 0 Å². The lowest BCUT2D eigenvalue weighted by Gasteiger charge is -2.12. The Kier molecular flexibility index (Phi) is 4.97. The van der Waals surface area contributed by atoms with Gasteiger partial charge in [-0.2, -0.15) is 0 Å². The molecular weight excluding hydrogens is 310 g/mol. The van der Waals surface area contributed by atoms with Gasteiger partial charge in [0.2, 0.25) is 0 Å². The maximum absolute atomic E-state index is 13.0. The molecule has 0 aliphatic rings. The summed E-state index contributed by atoms with van der Waals surface area (Å²) in [6.07, 6.45) is -1.11. The second-order valence-electron chi connectivity index (χ2n) is 4.73. The van der Waals surface area contributed by atoms with E-state index < -0.39 is 28.6 Å². The fraction of sp³-hybridized carbons (Fsp3) is 0.133. The minimum absolute atomic E-state index is 0.125. The van der Waals surface area contributed by atoms with Gasteiger partial charge in [-0.3, -0.25) is 14.9 Å². The van der Waals surface area contributed by atoms with E-state index in [1.165, 1.54) is 24.3 Å². The zero-order valence-electron chi connectivity index (χ0n) is 11.7. The highest BCUT2D eigenvalue weighted by atomic mass is 19.1. The Morgan fingerprint density at radius 2 is 1.74 bits per heavy atom. The first-order valence-electron chi connectivity index (χ1n) is 6.53. The molecule has 1 atom stereocenters. The van der Waals surface area contributed by atoms with Crippen LogP contribution in [0.2, 0.25) is 0 Å². The fourth-order valence-corrected chi connectivity index (χ4v) is 1.91. The monoisotopic (exact) mass is 322 g/mol. The molecule has 23 heavy (non-hydrogen) atoms. The van der Waals surface area contributed by atoms with Gasteiger partial charge in [0, 0.05) is 30.3 Å². The Bertz CT molecular complexity index is 715. The second-order valence-corrected chi connectivity index (χ2v) is 4.73. The van der Waals surface area contributed by atoms with Crippen LogP contribution in [-0.4, -0.2) is 22.5 Å². The SMILES string of the molecule is O=C(NC[C@H](O)c1ccc([N+](=O)[O-])cc1)c1cc(F)cc(F)c1. The van der Waals surface area contributed by atoms with E-state index >= 15 is 0 Å². The van der Waals surface area contributed by atoms with E-state index in [2.05, 4.69) is 5.32 Å². The number of carbonyl (C=O) groups is 1. The quantitative estimate of drug-likeness (QED) is 0.653. The predicted molar refractivity (Wildman–Crippen MR) is 76.7 cm³/mol. The lowest BCUT2D eigenvalue weighted by molar-refractivity contribution is -0.384. The van der Waals surface area contributed by atoms with Crippen molar-refractivity contribution in [1.82, 2.24) is 5.32 Å². The van der Waals surface area contributed by atoms with Crippen LogP contribution in [0.25, 0.3) is 0 Å². The maximum atomic E-state index is 13.0. The predicted octanol–water partition coefficient (Wildman–Crippen LogP) is 2.34. The van der Waals surface area contributed by atoms with Crippen LogP contribution in [0.3, 0.4) is 0 Å². The van der Waals surface area contributed by atoms with E-state index in [0.29, 0.717) is 11.6 Å². The molecule has 0 spiro atoms. The summed E-state index contributed by atoms with van der Waals surface area (Å²) in [5.41, 5.74) is 0.0277. The Morgan fingerprint density at radius 3 is 2.26 bits per heavy atom. The van der Waals surface area contributed by atoms with Gasteiger partial charge in [-0.15, -0.1) is 0 Å². The molecule has 0 unspecified atom stereocenters. The summed E-state index contributed by atoms with van der Waals surface area (Å²) < 4.78 is 26.1. The summed E-state index contributed by atoms with van der Waals surface area (Å²) in [6.45, 7) is -0.214. The molecule has 2 aromatic carbocycles. The van der Waals surface area contributed by atoms with Crippen LogP contribution in [0.15, 0.2) is 42.5 Å². The van der Waals surface area contributed by atoms with E-state index in [0.717, 1.165) is 12.1 Å². The lowest BCUT2D eigenvalue weighted by atomic mass is 10.1. The molecule has 2 aromatic rings. The molecule has 2 N–H and O–H groups in total. The molecule has 0 aromatic heterocycles. The van der Waals surface area contributed by atoms with Crippen molar-refractivity contribution in [3.8, 4) is 0 Å². The van der Waals surface area contributed by atoms with Gasteiger partial charge in [0.05, 0.1) is 11.0 Å². The molecule has 1 amide bonds. The number of benzene rings is 2. The van der Waals surface area contributed by atoms with Crippen molar-refractivity contribution in [2.24, 2.45) is 0 Å². The largest absolute Gasteiger partial charge is 0.387 e. The number of nitro groups is 1. The molecule has 6 nitrogen and oxygen atoms in total. The highest BCUT2D eigenvalue weighted by molar-refractivity contribution is 5.94. The van der Waals surface area contributed by atoms with Gasteiger partial charge in [-0.1, -0.05) is 0 Å². The summed E-state index contributed by atoms with van der Waals surface area (Å²) in [4.78, 5) is 21.7. The molecule has 0 heterocycles. The lowest BCUT2D eigenvalue weighted by Crippen LogP contribution is -2.28. The smallest absolute Gasteiger partial charge is 0.269 e. The molecule has 120 valence electrons. The number of nitrogens with zero attached hydrogens (tertiary/aromatic N) is 1. The van der Waals surface area contributed by atoms with Crippen LogP contribution >= 0.6 is 0 Å². The topological polar surface area (TPSA) is 92.5 Å². The average Bonchev–Trinajstić information content (AvgIpc) is 2.51. The highest BCUT2D eigenvalue weighted by Crippen LogP contribution is 2.17. The zero-order chi connectivity index (χ0) is 17.0. The number of amides is 1. The van der Waals surface area contributed by atoms with Gasteiger partial charge in [0.1, 0.15) is 11.6 Å². The third kappa shape index (κ3) is 4.30. The van der Waals surface area contributed by atoms with Crippen molar-refractivity contribution >= 4 is 11.6 Å². The Balaban J connectivity index is 1.99. The molecule has 0 saturated heterocycles. The van der Waals surface area contributed by atoms with Crippen LogP contribution in [0.1, 0.15) is 22.0 Å². The second kappa shape index (κ2) is 6.93. The van der Waals surface area contributed by atoms with Crippen molar-refractivity contribution in [2.75, 3.05) is 6.54 Å². The van der Waals surface area contributed by atoms with Crippen LogP contribution in [0.4, 0.5) is 14.5 Å². The number of hydrogen-bond donors (Lipinski definition) is 2. The Morgan fingerprint density at radius 1 is 1.17 bits per heavy atom. The number of aliphatic hydroxyl groups excluding tert-OH is 1. The van der Waals surface area contributed by atoms with Gasteiger partial charge in [-0.05, 0) is 29.8 Å². The number of aliphatic hydroxyl groups is 1. The molecule has 0 saturated carbocycles. The number of carbonyl (C=O) groups excluding carboxylic acids is 1. The number of hydrogen-bond acceptors (Lipinski definition) is 4. The van der Waals surface area contributed by atoms with Crippen molar-refractivity contribution in [2.45, 2.75) is 6.10 Å². The molecule has 2 rings (SSSR count). The molecule has 0 fully saturated rings. The molecule has 0 bridgehead atoms. The molecular formula is C15H12F2N2O4. The molecule has 0 aliphatic heterocycles. The first kappa shape index (κ1) is 16.5. The van der Waals surface area contributed by atoms with Gasteiger partial charge < -0.3 is 10.4 Å². The minimum atomic E-state index is -1.11. The van der Waals surface area contributed by atoms with E-state index in [1.807, 2.05) is 0 Å². The van der Waals surface area contributed by atoms with Crippen LogP contribution < -0.4 is 5.32 Å². The third-order valence-electron chi connectivity index (χ3n) is 3.07. The minimum Gasteiger partial charge on any atom is -0.387 e. The number of nitro benzene ring substituents is 1. The van der Waals surface area contributed by atoms with E-state index in [9.17, 15) is 28.8 Å². The molecule has 0 aliphatic carbocycles. The summed E-state index contributed by atoms with van der Waals surface area (Å²) >= 11 is 0. The number of rotatable bonds is 5. The molecule has 8 heteroatoms. The third-order valence-corrected chi connectivity index (χ3v) is 3.07. The standard InChI is InChI=1S/C15H12F2N2O4/c16-11-5-10(6-12(17)7-11)15(21)18-8-14(20)9-1-3-13(4-2-9)19(22)23/h1-7,14,20H,8H2,(H,18,21)/t14-/m0/s1.